The Morgan fingerprint density at radius 1 is 1.55 bits per heavy atom. The molecule has 1 aliphatic heterocycles. The molecule has 0 saturated carbocycles. The number of aliphatic hydroxyl groups is 2. The molecule has 2 rings (SSSR count). The number of aliphatic hydroxyl groups excluding tert-OH is 2. The van der Waals surface area contributed by atoms with E-state index < -0.39 is 48.5 Å². The molecule has 0 bridgehead atoms. The number of aromatic amines is 1. The molecule has 1 saturated heterocycles. The van der Waals surface area contributed by atoms with Gasteiger partial charge in [-0.1, -0.05) is 0 Å². The lowest BCUT2D eigenvalue weighted by Crippen LogP contribution is -2.40. The number of hydrogen-bond donors (Lipinski definition) is 4. The van der Waals surface area contributed by atoms with E-state index in [0.29, 0.717) is 0 Å². The molecule has 1 aliphatic rings. The lowest BCUT2D eigenvalue weighted by Gasteiger charge is -2.18. The quantitative estimate of drug-likeness (QED) is 0.469. The van der Waals surface area contributed by atoms with E-state index in [1.54, 1.807) is 0 Å². The van der Waals surface area contributed by atoms with Crippen LogP contribution in [0.1, 0.15) is 6.23 Å². The minimum atomic E-state index is -1.43. The molecule has 1 aromatic heterocycles. The maximum Gasteiger partial charge on any atom is 0.404 e. The summed E-state index contributed by atoms with van der Waals surface area (Å²) in [6, 6.07) is 1.06. The Labute approximate surface area is 111 Å². The number of hydrogen-bond acceptors (Lipinski definition) is 7. The number of nitrogens with zero attached hydrogens (tertiary/aromatic N) is 1. The van der Waals surface area contributed by atoms with Crippen LogP contribution < -0.4 is 17.0 Å². The molecule has 1 fully saturated rings. The second-order valence-electron chi connectivity index (χ2n) is 4.16. The highest BCUT2D eigenvalue weighted by atomic mass is 16.6. The van der Waals surface area contributed by atoms with Gasteiger partial charge >= 0.3 is 11.8 Å². The second-order valence-corrected chi connectivity index (χ2v) is 4.16. The number of aromatic nitrogens is 2. The maximum atomic E-state index is 11.6. The normalized spacial score (nSPS) is 29.3. The third-order valence-electron chi connectivity index (χ3n) is 2.87. The number of rotatable bonds is 3. The molecular weight excluding hydrogens is 274 g/mol. The lowest BCUT2D eigenvalue weighted by molar-refractivity contribution is -0.0553. The fourth-order valence-electron chi connectivity index (χ4n) is 2.00. The average molecular weight is 287 g/mol. The Bertz CT molecular complexity index is 609. The van der Waals surface area contributed by atoms with Crippen molar-refractivity contribution in [3.63, 3.8) is 0 Å². The molecule has 0 unspecified atom stereocenters. The molecule has 110 valence electrons. The number of H-pyrrole nitrogens is 1. The first-order chi connectivity index (χ1) is 9.43. The molecule has 2 heterocycles. The lowest BCUT2D eigenvalue weighted by atomic mass is 10.1. The standard InChI is InChI=1S/C10H13N3O7/c11-9(17)20-7-4(3-14)19-8(6(7)16)13-2-1-5(15)12-10(13)18/h1-2,4,6-8,14,16H,3H2,(H2,11,17)(H,12,15,18)/t4-,6-,7-,8-/m1/s1. The molecule has 4 atom stereocenters. The van der Waals surface area contributed by atoms with Crippen LogP contribution in [0, 0.1) is 0 Å². The average Bonchev–Trinajstić information content (AvgIpc) is 2.67. The summed E-state index contributed by atoms with van der Waals surface area (Å²) >= 11 is 0. The summed E-state index contributed by atoms with van der Waals surface area (Å²) in [5.41, 5.74) is 3.44. The molecule has 1 aromatic rings. The van der Waals surface area contributed by atoms with Crippen LogP contribution in [-0.4, -0.2) is 50.8 Å². The first-order valence-electron chi connectivity index (χ1n) is 5.66. The fourth-order valence-corrected chi connectivity index (χ4v) is 2.00. The van der Waals surface area contributed by atoms with Crippen LogP contribution in [-0.2, 0) is 9.47 Å². The van der Waals surface area contributed by atoms with Crippen molar-refractivity contribution in [2.24, 2.45) is 5.73 Å². The maximum absolute atomic E-state index is 11.6. The molecular formula is C10H13N3O7. The van der Waals surface area contributed by atoms with Crippen molar-refractivity contribution >= 4 is 6.09 Å². The summed E-state index contributed by atoms with van der Waals surface area (Å²) in [5.74, 6) is 0. The monoisotopic (exact) mass is 287 g/mol. The molecule has 10 nitrogen and oxygen atoms in total. The highest BCUT2D eigenvalue weighted by molar-refractivity contribution is 5.65. The topological polar surface area (TPSA) is 157 Å². The second kappa shape index (κ2) is 5.45. The largest absolute Gasteiger partial charge is 0.441 e. The number of amides is 1. The van der Waals surface area contributed by atoms with Crippen molar-refractivity contribution in [1.82, 2.24) is 9.55 Å². The summed E-state index contributed by atoms with van der Waals surface area (Å²) in [5, 5.41) is 19.2. The summed E-state index contributed by atoms with van der Waals surface area (Å²) < 4.78 is 10.8. The predicted octanol–water partition coefficient (Wildman–Crippen LogP) is -2.75. The molecule has 1 amide bonds. The molecule has 0 spiro atoms. The minimum absolute atomic E-state index is 0.552. The van der Waals surface area contributed by atoms with Gasteiger partial charge in [0.25, 0.3) is 5.56 Å². The van der Waals surface area contributed by atoms with Crippen LogP contribution >= 0.6 is 0 Å². The first kappa shape index (κ1) is 14.2. The predicted molar refractivity (Wildman–Crippen MR) is 62.8 cm³/mol. The summed E-state index contributed by atoms with van der Waals surface area (Å²) in [6.45, 7) is -0.552. The van der Waals surface area contributed by atoms with Crippen molar-refractivity contribution in [3.8, 4) is 0 Å². The van der Waals surface area contributed by atoms with Crippen molar-refractivity contribution in [2.45, 2.75) is 24.5 Å². The Kier molecular flexibility index (Phi) is 3.88. The van der Waals surface area contributed by atoms with Gasteiger partial charge < -0.3 is 25.4 Å². The summed E-state index contributed by atoms with van der Waals surface area (Å²) in [7, 11) is 0. The molecule has 5 N–H and O–H groups in total. The van der Waals surface area contributed by atoms with Crippen LogP contribution in [0.25, 0.3) is 0 Å². The number of nitrogens with one attached hydrogen (secondary N) is 1. The molecule has 20 heavy (non-hydrogen) atoms. The highest BCUT2D eigenvalue weighted by Gasteiger charge is 2.47. The Morgan fingerprint density at radius 3 is 2.80 bits per heavy atom. The van der Waals surface area contributed by atoms with Gasteiger partial charge in [0.05, 0.1) is 6.61 Å². The van der Waals surface area contributed by atoms with E-state index in [2.05, 4.69) is 4.74 Å². The van der Waals surface area contributed by atoms with Crippen molar-refractivity contribution in [2.75, 3.05) is 6.61 Å². The van der Waals surface area contributed by atoms with Gasteiger partial charge in [0.2, 0.25) is 0 Å². The van der Waals surface area contributed by atoms with E-state index in [0.717, 1.165) is 16.8 Å². The van der Waals surface area contributed by atoms with Gasteiger partial charge in [-0.25, -0.2) is 9.59 Å². The Morgan fingerprint density at radius 2 is 2.25 bits per heavy atom. The minimum Gasteiger partial charge on any atom is -0.441 e. The van der Waals surface area contributed by atoms with E-state index in [1.165, 1.54) is 0 Å². The van der Waals surface area contributed by atoms with E-state index in [4.69, 9.17) is 15.6 Å². The van der Waals surface area contributed by atoms with Gasteiger partial charge in [-0.2, -0.15) is 0 Å². The highest BCUT2D eigenvalue weighted by Crippen LogP contribution is 2.30. The number of carbonyl (C=O) groups is 1. The van der Waals surface area contributed by atoms with E-state index in [9.17, 15) is 19.5 Å². The molecule has 0 aliphatic carbocycles. The van der Waals surface area contributed by atoms with Crippen molar-refractivity contribution < 1.29 is 24.5 Å². The van der Waals surface area contributed by atoms with E-state index in [-0.39, 0.29) is 0 Å². The van der Waals surface area contributed by atoms with Crippen LogP contribution in [0.2, 0.25) is 0 Å². The third kappa shape index (κ3) is 2.57. The number of primary amides is 1. The zero-order valence-corrected chi connectivity index (χ0v) is 10.1. The van der Waals surface area contributed by atoms with Crippen molar-refractivity contribution in [3.05, 3.63) is 33.1 Å². The van der Waals surface area contributed by atoms with Gasteiger partial charge in [0.1, 0.15) is 12.2 Å². The van der Waals surface area contributed by atoms with Gasteiger partial charge in [-0.15, -0.1) is 0 Å². The molecule has 10 heteroatoms. The number of ether oxygens (including phenoxy) is 2. The van der Waals surface area contributed by atoms with Crippen LogP contribution in [0.15, 0.2) is 21.9 Å². The zero-order valence-electron chi connectivity index (χ0n) is 10.1. The number of carbonyl (C=O) groups excluding carboxylic acids is 1. The molecule has 0 radical (unpaired) electrons. The SMILES string of the molecule is NC(=O)O[C@H]1[C@@H](O)[C@H](n2ccc(=O)[nH]c2=O)O[C@@H]1CO. The third-order valence-corrected chi connectivity index (χ3v) is 2.87. The van der Waals surface area contributed by atoms with Crippen LogP contribution in [0.5, 0.6) is 0 Å². The summed E-state index contributed by atoms with van der Waals surface area (Å²) in [6.07, 6.45) is -4.94. The van der Waals surface area contributed by atoms with E-state index >= 15 is 0 Å². The van der Waals surface area contributed by atoms with Gasteiger partial charge in [-0.05, 0) is 0 Å². The number of nitrogens with two attached hydrogens (primary N) is 1. The van der Waals surface area contributed by atoms with E-state index in [1.807, 2.05) is 4.98 Å². The Hall–Kier alpha value is -2.17. The van der Waals surface area contributed by atoms with Gasteiger partial charge in [-0.3, -0.25) is 14.3 Å². The Balaban J connectivity index is 2.32. The first-order valence-corrected chi connectivity index (χ1v) is 5.66. The van der Waals surface area contributed by atoms with Crippen LogP contribution in [0.4, 0.5) is 4.79 Å². The fraction of sp³-hybridized carbons (Fsp3) is 0.500. The van der Waals surface area contributed by atoms with Crippen molar-refractivity contribution in [1.29, 1.82) is 0 Å². The zero-order chi connectivity index (χ0) is 14.9. The smallest absolute Gasteiger partial charge is 0.404 e. The summed E-state index contributed by atoms with van der Waals surface area (Å²) in [4.78, 5) is 35.3. The van der Waals surface area contributed by atoms with Crippen LogP contribution in [0.3, 0.4) is 0 Å². The van der Waals surface area contributed by atoms with Gasteiger partial charge in [0, 0.05) is 12.3 Å². The molecule has 0 aromatic carbocycles. The van der Waals surface area contributed by atoms with Gasteiger partial charge in [0.15, 0.2) is 12.3 Å².